The molecule has 81 heavy (non-hydrogen) atoms. The van der Waals surface area contributed by atoms with Crippen molar-refractivity contribution < 1.29 is 89.4 Å². The van der Waals surface area contributed by atoms with Gasteiger partial charge in [-0.2, -0.15) is 0 Å². The number of hydrogen-bond acceptors (Lipinski definition) is 18. The van der Waals surface area contributed by atoms with Gasteiger partial charge in [-0.05, 0) is 44.9 Å². The Bertz CT molecular complexity index is 1580. The van der Waals surface area contributed by atoms with E-state index in [0.29, 0.717) is 6.42 Å². The number of aliphatic hydroxyl groups is 11. The molecule has 0 aromatic heterocycles. The Morgan fingerprint density at radius 3 is 1.20 bits per heavy atom. The summed E-state index contributed by atoms with van der Waals surface area (Å²) in [6, 6.07) is -0.967. The van der Waals surface area contributed by atoms with Crippen LogP contribution in [0.4, 0.5) is 0 Å². The van der Waals surface area contributed by atoms with Crippen LogP contribution in [-0.2, 0) is 33.2 Å². The summed E-state index contributed by atoms with van der Waals surface area (Å²) in [7, 11) is 0. The summed E-state index contributed by atoms with van der Waals surface area (Å²) in [4.78, 5) is 13.3. The van der Waals surface area contributed by atoms with Gasteiger partial charge in [-0.25, -0.2) is 0 Å². The van der Waals surface area contributed by atoms with E-state index >= 15 is 0 Å². The van der Waals surface area contributed by atoms with Crippen molar-refractivity contribution in [2.45, 2.75) is 336 Å². The fourth-order valence-corrected chi connectivity index (χ4v) is 11.0. The summed E-state index contributed by atoms with van der Waals surface area (Å²) in [6.45, 7) is 1.66. The zero-order valence-corrected chi connectivity index (χ0v) is 49.8. The first-order valence-corrected chi connectivity index (χ1v) is 32.1. The molecule has 3 rings (SSSR count). The number of unbranched alkanes of at least 4 members (excludes halogenated alkanes) is 30. The Labute approximate surface area is 486 Å². The SMILES string of the molecule is CCCCCCC/C=C/C(O)C(COC1OC(CO)C(OC2OC(CO)C(OC3OC(CO)C(O)C(O)C3O)C(O)C2O)C(O)C1O)NC(=O)CCCCCCCCCCCCCCCCCCC/C=C\CCCCCCCCCC. The van der Waals surface area contributed by atoms with Crippen molar-refractivity contribution in [2.75, 3.05) is 26.4 Å². The first-order valence-electron chi connectivity index (χ1n) is 32.1. The molecule has 0 saturated carbocycles. The third kappa shape index (κ3) is 29.0. The molecule has 0 spiro atoms. The van der Waals surface area contributed by atoms with Crippen molar-refractivity contribution in [1.29, 1.82) is 0 Å². The van der Waals surface area contributed by atoms with Crippen molar-refractivity contribution in [3.8, 4) is 0 Å². The molecule has 3 heterocycles. The molecule has 0 radical (unpaired) electrons. The fraction of sp³-hybridized carbons (Fsp3) is 0.919. The van der Waals surface area contributed by atoms with Crippen LogP contribution in [0.5, 0.6) is 0 Å². The standard InChI is InChI=1S/C62H115NO18/c1-3-5-7-9-11-12-13-14-15-16-17-18-19-20-21-22-23-24-25-26-27-28-29-30-31-32-34-36-38-40-50(68)63-45(46(67)39-37-35-33-10-8-6-4-2)44-76-60-56(74)53(71)58(48(42-65)78-60)81-62-57(75)54(72)59(49(43-66)79-62)80-61-55(73)52(70)51(69)47(41-64)77-61/h16-17,37,39,45-49,51-62,64-67,69-75H,3-15,18-36,38,40-44H2,1-2H3,(H,63,68)/b17-16-,39-37+. The Morgan fingerprint density at radius 2 is 0.778 bits per heavy atom. The quantitative estimate of drug-likeness (QED) is 0.0222. The van der Waals surface area contributed by atoms with Crippen LogP contribution < -0.4 is 5.32 Å². The molecular weight excluding hydrogens is 1050 g/mol. The number of nitrogens with one attached hydrogen (secondary N) is 1. The van der Waals surface area contributed by atoms with E-state index in [1.807, 2.05) is 6.08 Å². The van der Waals surface area contributed by atoms with Crippen molar-refractivity contribution in [2.24, 2.45) is 0 Å². The maximum absolute atomic E-state index is 13.3. The number of allylic oxidation sites excluding steroid dienone is 3. The number of hydrogen-bond donors (Lipinski definition) is 12. The molecule has 19 heteroatoms. The van der Waals surface area contributed by atoms with E-state index < -0.39 is 124 Å². The Balaban J connectivity index is 1.34. The van der Waals surface area contributed by atoms with Crippen LogP contribution in [0.3, 0.4) is 0 Å². The third-order valence-electron chi connectivity index (χ3n) is 16.2. The van der Waals surface area contributed by atoms with Gasteiger partial charge in [-0.15, -0.1) is 0 Å². The highest BCUT2D eigenvalue weighted by molar-refractivity contribution is 5.76. The highest BCUT2D eigenvalue weighted by Gasteiger charge is 2.53. The highest BCUT2D eigenvalue weighted by Crippen LogP contribution is 2.33. The average molecular weight is 1160 g/mol. The maximum atomic E-state index is 13.3. The first-order chi connectivity index (χ1) is 39.3. The minimum Gasteiger partial charge on any atom is -0.394 e. The molecule has 12 N–H and O–H groups in total. The van der Waals surface area contributed by atoms with Crippen LogP contribution in [0, 0.1) is 0 Å². The van der Waals surface area contributed by atoms with E-state index in [4.69, 9.17) is 28.4 Å². The van der Waals surface area contributed by atoms with Gasteiger partial charge in [0.05, 0.1) is 38.6 Å². The average Bonchev–Trinajstić information content (AvgIpc) is 3.58. The van der Waals surface area contributed by atoms with Gasteiger partial charge in [-0.1, -0.05) is 205 Å². The van der Waals surface area contributed by atoms with E-state index in [1.54, 1.807) is 6.08 Å². The molecule has 3 aliphatic rings. The summed E-state index contributed by atoms with van der Waals surface area (Å²) in [6.07, 6.45) is 22.3. The molecule has 0 bridgehead atoms. The molecule has 19 nitrogen and oxygen atoms in total. The predicted octanol–water partition coefficient (Wildman–Crippen LogP) is 6.71. The van der Waals surface area contributed by atoms with Gasteiger partial charge < -0.3 is 89.9 Å². The van der Waals surface area contributed by atoms with E-state index in [9.17, 15) is 61.0 Å². The van der Waals surface area contributed by atoms with Crippen LogP contribution in [0.25, 0.3) is 0 Å². The van der Waals surface area contributed by atoms with Crippen LogP contribution in [0.15, 0.2) is 24.3 Å². The van der Waals surface area contributed by atoms with E-state index in [1.165, 1.54) is 148 Å². The molecule has 3 aliphatic heterocycles. The summed E-state index contributed by atoms with van der Waals surface area (Å²) in [5, 5.41) is 120. The Kier molecular flexibility index (Phi) is 41.4. The lowest BCUT2D eigenvalue weighted by Gasteiger charge is -2.48. The zero-order chi connectivity index (χ0) is 59.0. The van der Waals surface area contributed by atoms with E-state index in [2.05, 4.69) is 31.3 Å². The molecule has 3 fully saturated rings. The van der Waals surface area contributed by atoms with Crippen molar-refractivity contribution >= 4 is 5.91 Å². The number of carbonyl (C=O) groups excluding carboxylic acids is 1. The van der Waals surface area contributed by atoms with Crippen molar-refractivity contribution in [3.63, 3.8) is 0 Å². The highest BCUT2D eigenvalue weighted by atomic mass is 16.8. The van der Waals surface area contributed by atoms with Gasteiger partial charge in [0, 0.05) is 6.42 Å². The second-order valence-corrected chi connectivity index (χ2v) is 23.2. The van der Waals surface area contributed by atoms with Crippen molar-refractivity contribution in [3.05, 3.63) is 24.3 Å². The van der Waals surface area contributed by atoms with Gasteiger partial charge in [-0.3, -0.25) is 4.79 Å². The van der Waals surface area contributed by atoms with Gasteiger partial charge in [0.25, 0.3) is 0 Å². The van der Waals surface area contributed by atoms with Crippen molar-refractivity contribution in [1.82, 2.24) is 5.32 Å². The molecule has 17 atom stereocenters. The summed E-state index contributed by atoms with van der Waals surface area (Å²) in [5.74, 6) is -0.277. The first kappa shape index (κ1) is 73.5. The number of carbonyl (C=O) groups is 1. The van der Waals surface area contributed by atoms with Gasteiger partial charge >= 0.3 is 0 Å². The lowest BCUT2D eigenvalue weighted by Crippen LogP contribution is -2.66. The smallest absolute Gasteiger partial charge is 0.220 e. The number of ether oxygens (including phenoxy) is 6. The molecule has 3 saturated heterocycles. The molecule has 1 amide bonds. The lowest BCUT2D eigenvalue weighted by molar-refractivity contribution is -0.379. The fourth-order valence-electron chi connectivity index (χ4n) is 11.0. The second kappa shape index (κ2) is 45.6. The Morgan fingerprint density at radius 1 is 0.432 bits per heavy atom. The largest absolute Gasteiger partial charge is 0.394 e. The monoisotopic (exact) mass is 1160 g/mol. The Hall–Kier alpha value is -1.73. The van der Waals surface area contributed by atoms with Crippen LogP contribution in [0.2, 0.25) is 0 Å². The van der Waals surface area contributed by atoms with Crippen LogP contribution in [0.1, 0.15) is 232 Å². The number of aliphatic hydroxyl groups excluding tert-OH is 11. The van der Waals surface area contributed by atoms with Gasteiger partial charge in [0.15, 0.2) is 18.9 Å². The minimum atomic E-state index is -1.97. The van der Waals surface area contributed by atoms with E-state index in [0.717, 1.165) is 57.8 Å². The summed E-state index contributed by atoms with van der Waals surface area (Å²) < 4.78 is 34.1. The zero-order valence-electron chi connectivity index (χ0n) is 49.8. The number of amides is 1. The molecule has 0 aromatic rings. The van der Waals surface area contributed by atoms with Crippen LogP contribution >= 0.6 is 0 Å². The summed E-state index contributed by atoms with van der Waals surface area (Å²) >= 11 is 0. The second-order valence-electron chi connectivity index (χ2n) is 23.2. The number of rotatable bonds is 48. The lowest BCUT2D eigenvalue weighted by atomic mass is 9.96. The topological polar surface area (TPSA) is 307 Å². The van der Waals surface area contributed by atoms with E-state index in [-0.39, 0.29) is 18.9 Å². The normalized spacial score (nSPS) is 29.9. The van der Waals surface area contributed by atoms with Crippen LogP contribution in [-0.4, -0.2) is 193 Å². The molecule has 476 valence electrons. The third-order valence-corrected chi connectivity index (χ3v) is 16.2. The minimum absolute atomic E-state index is 0.246. The van der Waals surface area contributed by atoms with Gasteiger partial charge in [0.1, 0.15) is 73.2 Å². The molecular formula is C62H115NO18. The predicted molar refractivity (Wildman–Crippen MR) is 310 cm³/mol. The maximum Gasteiger partial charge on any atom is 0.220 e. The molecule has 17 unspecified atom stereocenters. The molecule has 0 aromatic carbocycles. The summed E-state index contributed by atoms with van der Waals surface area (Å²) in [5.41, 5.74) is 0. The van der Waals surface area contributed by atoms with Gasteiger partial charge in [0.2, 0.25) is 5.91 Å². The molecule has 0 aliphatic carbocycles.